The molecular formula is C43H55ClF4N18O16. The summed E-state index contributed by atoms with van der Waals surface area (Å²) in [5, 5.41) is 94.1. The lowest BCUT2D eigenvalue weighted by atomic mass is 9.97. The highest BCUT2D eigenvalue weighted by atomic mass is 35.5. The van der Waals surface area contributed by atoms with Gasteiger partial charge in [-0.15, -0.1) is 11.6 Å². The van der Waals surface area contributed by atoms with E-state index in [1.807, 2.05) is 4.98 Å². The topological polar surface area (TPSA) is 511 Å². The van der Waals surface area contributed by atoms with E-state index in [0.29, 0.717) is 16.0 Å². The lowest BCUT2D eigenvalue weighted by Crippen LogP contribution is -2.48. The summed E-state index contributed by atoms with van der Waals surface area (Å²) in [6.45, 7) is -2.80. The Bertz CT molecular complexity index is 3540. The second-order valence-electron chi connectivity index (χ2n) is 18.2. The van der Waals surface area contributed by atoms with Gasteiger partial charge < -0.3 is 59.8 Å². The number of aryl methyl sites for hydroxylation is 3. The summed E-state index contributed by atoms with van der Waals surface area (Å²) < 4.78 is 111. The van der Waals surface area contributed by atoms with Crippen molar-refractivity contribution in [2.24, 2.45) is 15.3 Å². The van der Waals surface area contributed by atoms with E-state index in [1.165, 1.54) is 31.5 Å². The molecule has 4 aromatic heterocycles. The molecule has 4 aliphatic rings. The van der Waals surface area contributed by atoms with E-state index in [2.05, 4.69) is 45.0 Å². The molecule has 0 spiro atoms. The molecular weight excluding hydrogens is 1140 g/mol. The summed E-state index contributed by atoms with van der Waals surface area (Å²) in [5.41, 5.74) is 14.3. The molecule has 0 bridgehead atoms. The average Bonchev–Trinajstić information content (AvgIpc) is 1.68. The third-order valence-corrected chi connectivity index (χ3v) is 13.4. The van der Waals surface area contributed by atoms with Crippen LogP contribution in [-0.2, 0) is 18.9 Å². The van der Waals surface area contributed by atoms with E-state index < -0.39 is 171 Å². The molecule has 4 aliphatic heterocycles. The number of nitrogens with zero attached hydrogens (tertiary/aromatic N) is 16. The Morgan fingerprint density at radius 3 is 1.30 bits per heavy atom. The van der Waals surface area contributed by atoms with Crippen LogP contribution in [0.2, 0.25) is 0 Å². The van der Waals surface area contributed by atoms with Crippen LogP contribution in [0.4, 0.5) is 17.6 Å². The third-order valence-electron chi connectivity index (χ3n) is 12.9. The Morgan fingerprint density at radius 1 is 0.610 bits per heavy atom. The van der Waals surface area contributed by atoms with Crippen molar-refractivity contribution in [3.8, 4) is 0 Å². The quantitative estimate of drug-likeness (QED) is 0.0209. The van der Waals surface area contributed by atoms with Crippen molar-refractivity contribution < 1.29 is 82.8 Å². The number of hydrogen-bond acceptors (Lipinski definition) is 23. The van der Waals surface area contributed by atoms with Crippen molar-refractivity contribution in [3.63, 3.8) is 0 Å². The number of ether oxygens (including phenoxy) is 4. The number of rotatable bonds is 15. The largest absolute Gasteiger partial charge is 0.393 e. The molecule has 4 saturated heterocycles. The summed E-state index contributed by atoms with van der Waals surface area (Å²) >= 11 is 5.62. The number of aromatic nitrogens is 8. The first-order chi connectivity index (χ1) is 40.3. The highest BCUT2D eigenvalue weighted by Crippen LogP contribution is 2.42. The van der Waals surface area contributed by atoms with Gasteiger partial charge in [-0.3, -0.25) is 28.7 Å². The summed E-state index contributed by atoms with van der Waals surface area (Å²) in [6, 6.07) is 2.42. The molecule has 0 unspecified atom stereocenters. The Balaban J connectivity index is 0.000000210. The molecule has 34 nitrogen and oxygen atoms in total. The van der Waals surface area contributed by atoms with Gasteiger partial charge in [-0.05, 0) is 61.6 Å². The van der Waals surface area contributed by atoms with Crippen LogP contribution in [0.25, 0.3) is 31.3 Å². The standard InChI is InChI=1S/C11H14ClFN2O4.2C11H14FN5O4.C10H13FN6O4/c1-6-2-3-15(10(18)14-6)9-7(13)8(17)11(4-12,5-16)19-9;2*1-6-2-3-17(10(20)15-6)9-7(12)8(19)11(5-18,21-9)4-14-16-13;11-6-7(19)10(4-18,3-14-16-13)21-8(6)17-2-1-5(12)15-9(17)20/h2-3,7-9,16-17H,4-5H2,1H3;2*2-3,7-9,18-19H,4-5H2,1H3;1-2,6-8,18-19H,3-4H2,(H2,12,15,20)/t3*7-,8+,9-,11-;6-,7+,8-,10-/m1111/s1/i2D;5D2;;1D. The number of H-pyrrole nitrogens is 1. The molecule has 16 atom stereocenters. The summed E-state index contributed by atoms with van der Waals surface area (Å²) in [7, 11) is 0. The molecule has 10 N–H and O–H groups in total. The van der Waals surface area contributed by atoms with Gasteiger partial charge in [0.15, 0.2) is 49.6 Å². The van der Waals surface area contributed by atoms with Crippen LogP contribution in [0, 0.1) is 26.2 Å². The minimum absolute atomic E-state index is 0.0674. The number of hydrogen-bond donors (Lipinski definition) is 10. The van der Waals surface area contributed by atoms with E-state index in [1.54, 1.807) is 13.8 Å². The van der Waals surface area contributed by atoms with E-state index in [-0.39, 0.29) is 23.7 Å². The fourth-order valence-electron chi connectivity index (χ4n) is 8.28. The third kappa shape index (κ3) is 13.5. The smallest absolute Gasteiger partial charge is 0.349 e. The van der Waals surface area contributed by atoms with Gasteiger partial charge >= 0.3 is 22.8 Å². The van der Waals surface area contributed by atoms with E-state index >= 15 is 0 Å². The van der Waals surface area contributed by atoms with Gasteiger partial charge in [0.05, 0.1) is 57.4 Å². The zero-order valence-electron chi connectivity index (χ0n) is 46.7. The Labute approximate surface area is 466 Å². The fourth-order valence-corrected chi connectivity index (χ4v) is 8.58. The van der Waals surface area contributed by atoms with Crippen LogP contribution in [-0.4, -0.2) is 202 Å². The lowest BCUT2D eigenvalue weighted by molar-refractivity contribution is -0.122. The molecule has 0 aliphatic carbocycles. The minimum atomic E-state index is -3.23. The van der Waals surface area contributed by atoms with Gasteiger partial charge in [-0.2, -0.15) is 15.0 Å². The predicted molar refractivity (Wildman–Crippen MR) is 267 cm³/mol. The Hall–Kier alpha value is -7.22. The van der Waals surface area contributed by atoms with Crippen molar-refractivity contribution in [1.29, 1.82) is 5.41 Å². The first-order valence-electron chi connectivity index (χ1n) is 25.5. The molecule has 0 amide bonds. The first-order valence-corrected chi connectivity index (χ1v) is 24.0. The number of nitrogens with one attached hydrogen (secondary N) is 2. The van der Waals surface area contributed by atoms with Crippen LogP contribution in [0.15, 0.2) is 83.5 Å². The highest BCUT2D eigenvalue weighted by Gasteiger charge is 2.59. The van der Waals surface area contributed by atoms with Crippen molar-refractivity contribution in [3.05, 3.63) is 145 Å². The second-order valence-corrected chi connectivity index (χ2v) is 18.5. The van der Waals surface area contributed by atoms with E-state index in [4.69, 9.17) is 58.0 Å². The van der Waals surface area contributed by atoms with Crippen molar-refractivity contribution >= 4 is 11.6 Å². The molecule has 4 aromatic rings. The maximum atomic E-state index is 14.4. The highest BCUT2D eigenvalue weighted by molar-refractivity contribution is 6.18. The average molecular weight is 1200 g/mol. The van der Waals surface area contributed by atoms with Crippen LogP contribution in [0.1, 0.15) is 47.5 Å². The van der Waals surface area contributed by atoms with Gasteiger partial charge in [0.25, 0.3) is 0 Å². The van der Waals surface area contributed by atoms with Crippen LogP contribution in [0.3, 0.4) is 0 Å². The molecule has 39 heteroatoms. The maximum Gasteiger partial charge on any atom is 0.349 e. The fraction of sp³-hybridized carbons (Fsp3) is 0.628. The van der Waals surface area contributed by atoms with Crippen molar-refractivity contribution in [2.45, 2.75) is 117 Å². The van der Waals surface area contributed by atoms with E-state index in [0.717, 1.165) is 26.1 Å². The van der Waals surface area contributed by atoms with Gasteiger partial charge in [0.2, 0.25) is 0 Å². The maximum absolute atomic E-state index is 14.4. The van der Waals surface area contributed by atoms with Crippen LogP contribution >= 0.6 is 11.6 Å². The van der Waals surface area contributed by atoms with Crippen molar-refractivity contribution in [1.82, 2.24) is 38.2 Å². The molecule has 82 heavy (non-hydrogen) atoms. The zero-order chi connectivity index (χ0) is 64.6. The normalized spacial score (nSPS) is 33.4. The summed E-state index contributed by atoms with van der Waals surface area (Å²) in [4.78, 5) is 67.3. The van der Waals surface area contributed by atoms with Gasteiger partial charge in [-0.1, -0.05) is 15.3 Å². The number of aliphatic hydroxyl groups is 8. The molecule has 448 valence electrons. The lowest BCUT2D eigenvalue weighted by Gasteiger charge is -2.27. The number of halogens is 5. The van der Waals surface area contributed by atoms with Gasteiger partial charge in [0.1, 0.15) is 52.3 Å². The van der Waals surface area contributed by atoms with E-state index in [9.17, 15) is 77.6 Å². The van der Waals surface area contributed by atoms with Gasteiger partial charge in [0, 0.05) is 56.6 Å². The Morgan fingerprint density at radius 2 is 0.939 bits per heavy atom. The molecule has 0 saturated carbocycles. The minimum Gasteiger partial charge on any atom is -0.393 e. The predicted octanol–water partition coefficient (Wildman–Crippen LogP) is -1.68. The molecule has 8 rings (SSSR count). The molecule has 4 fully saturated rings. The van der Waals surface area contributed by atoms with Gasteiger partial charge in [-0.25, -0.2) is 36.7 Å². The SMILES string of the molecule is Cc1ccn([C@@H]2O[C@@](CO)(CN=[N+]=[N-])[C@@H](O)[C@H]2F)c(=O)n1.[2H]C([2H])(O)[C@@]1(CN=[N+]=[N-])O[C@@H](n2ccc(C)nc2=O)[C@H](F)[C@@H]1O.[2H]c1cn([C@@H]2O[C@@](CO)(CCl)[C@@H](O)[C@H]2F)c(=O)nc1C.[2H]c1cn([C@@H]2O[C@@](CO)(CN=[N+]=[N-])[C@@H](O)[C@H]2F)c(=O)[nH]c1=N. The Kier molecular flexibility index (Phi) is 20.1. The summed E-state index contributed by atoms with van der Waals surface area (Å²) in [6.07, 6.45) is -17.6. The first kappa shape index (κ1) is 59.4. The number of azide groups is 3. The zero-order valence-corrected chi connectivity index (χ0v) is 43.5. The number of aromatic amines is 1. The van der Waals surface area contributed by atoms with Crippen LogP contribution < -0.4 is 28.2 Å². The molecule has 0 radical (unpaired) electrons. The number of alkyl halides is 5. The van der Waals surface area contributed by atoms with Crippen LogP contribution in [0.5, 0.6) is 0 Å². The summed E-state index contributed by atoms with van der Waals surface area (Å²) in [5.74, 6) is -0.344. The second kappa shape index (κ2) is 27.7. The molecule has 0 aromatic carbocycles. The number of aliphatic hydroxyl groups excluding tert-OH is 7. The molecule has 8 heterocycles. The monoisotopic (exact) mass is 1190 g/mol. The van der Waals surface area contributed by atoms with Crippen molar-refractivity contribution in [2.75, 3.05) is 51.9 Å².